The number of nitrogens with one attached hydrogen (secondary N) is 1. The summed E-state index contributed by atoms with van der Waals surface area (Å²) in [5.41, 5.74) is 0.704. The molecule has 12 heteroatoms. The van der Waals surface area contributed by atoms with Crippen molar-refractivity contribution in [2.45, 2.75) is 70.9 Å². The van der Waals surface area contributed by atoms with E-state index in [2.05, 4.69) is 15.2 Å². The molecule has 4 rings (SSSR count). The van der Waals surface area contributed by atoms with Crippen molar-refractivity contribution >= 4 is 17.8 Å². The van der Waals surface area contributed by atoms with Crippen LogP contribution in [0.4, 0.5) is 4.39 Å². The zero-order valence-electron chi connectivity index (χ0n) is 25.8. The van der Waals surface area contributed by atoms with E-state index in [1.165, 1.54) is 23.3 Å². The zero-order chi connectivity index (χ0) is 31.6. The van der Waals surface area contributed by atoms with E-state index in [1.54, 1.807) is 25.2 Å². The number of amides is 2. The van der Waals surface area contributed by atoms with Crippen molar-refractivity contribution in [3.05, 3.63) is 53.8 Å². The summed E-state index contributed by atoms with van der Waals surface area (Å²) in [4.78, 5) is 47.5. The number of hydrogen-bond donors (Lipinski definition) is 2. The van der Waals surface area contributed by atoms with Gasteiger partial charge in [-0.2, -0.15) is 0 Å². The lowest BCUT2D eigenvalue weighted by Crippen LogP contribution is -2.46. The molecule has 2 bridgehead atoms. The summed E-state index contributed by atoms with van der Waals surface area (Å²) in [6.45, 7) is 9.85. The van der Waals surface area contributed by atoms with Gasteiger partial charge in [0.05, 0.1) is 25.7 Å². The van der Waals surface area contributed by atoms with Gasteiger partial charge in [0.2, 0.25) is 5.91 Å². The van der Waals surface area contributed by atoms with Crippen molar-refractivity contribution in [3.63, 3.8) is 0 Å². The molecule has 242 valence electrons. The number of halogens is 1. The van der Waals surface area contributed by atoms with Crippen LogP contribution in [0.1, 0.15) is 56.4 Å². The van der Waals surface area contributed by atoms with Gasteiger partial charge in [0.15, 0.2) is 11.6 Å². The van der Waals surface area contributed by atoms with Gasteiger partial charge in [0.1, 0.15) is 24.6 Å². The normalized spacial score (nSPS) is 30.2. The van der Waals surface area contributed by atoms with Crippen molar-refractivity contribution in [2.75, 3.05) is 45.9 Å². The number of carbonyl (C=O) groups excluding carboxylic acids is 3. The third kappa shape index (κ3) is 9.57. The molecule has 2 N–H and O–H groups in total. The number of aliphatic hydroxyl groups excluding tert-OH is 1. The van der Waals surface area contributed by atoms with Crippen molar-refractivity contribution in [3.8, 4) is 0 Å². The van der Waals surface area contributed by atoms with Crippen LogP contribution >= 0.6 is 0 Å². The number of morpholine rings is 1. The minimum Gasteiger partial charge on any atom is -0.460 e. The number of fused-ring (bicyclic) bond motifs is 3. The quantitative estimate of drug-likeness (QED) is 0.492. The molecule has 4 heterocycles. The standard InChI is InChI=1S/C32H45FN4O7/c1-21-6-4-10-34-28(39)9-8-22(2)30(23(3)19-36-12-14-42-15-13-36)44-32(41)27-7-5-11-37(27)31(40)26-20-43-29(35-26)18-24(33)17-25(38)16-21/h4,6,8-9,16,20,22-25,27,30,38H,5,7,10-15,17-19H2,1-3H3,(H,34,39)/b6-4?,9-8+,21-16?. The van der Waals surface area contributed by atoms with Crippen LogP contribution in [0.15, 0.2) is 46.6 Å². The van der Waals surface area contributed by atoms with Gasteiger partial charge in [-0.25, -0.2) is 14.2 Å². The average molecular weight is 617 g/mol. The second-order valence-corrected chi connectivity index (χ2v) is 12.0. The van der Waals surface area contributed by atoms with Gasteiger partial charge in [0.25, 0.3) is 5.91 Å². The molecule has 3 aliphatic rings. The fourth-order valence-corrected chi connectivity index (χ4v) is 5.93. The van der Waals surface area contributed by atoms with E-state index in [1.807, 2.05) is 13.8 Å². The first-order valence-electron chi connectivity index (χ1n) is 15.5. The van der Waals surface area contributed by atoms with E-state index in [4.69, 9.17) is 13.9 Å². The molecule has 0 aliphatic carbocycles. The average Bonchev–Trinajstić information content (AvgIpc) is 3.66. The van der Waals surface area contributed by atoms with Crippen LogP contribution in [-0.4, -0.2) is 108 Å². The summed E-state index contributed by atoms with van der Waals surface area (Å²) < 4.78 is 31.8. The molecule has 2 saturated heterocycles. The van der Waals surface area contributed by atoms with Crippen LogP contribution in [0.5, 0.6) is 0 Å². The number of ether oxygens (including phenoxy) is 2. The van der Waals surface area contributed by atoms with Gasteiger partial charge in [-0.1, -0.05) is 43.7 Å². The van der Waals surface area contributed by atoms with Crippen LogP contribution in [0.3, 0.4) is 0 Å². The molecule has 0 aromatic carbocycles. The predicted molar refractivity (Wildman–Crippen MR) is 160 cm³/mol. The van der Waals surface area contributed by atoms with Crippen molar-refractivity contribution in [1.29, 1.82) is 0 Å². The van der Waals surface area contributed by atoms with Crippen LogP contribution in [-0.2, 0) is 25.5 Å². The largest absolute Gasteiger partial charge is 0.460 e. The number of aromatic nitrogens is 1. The Labute approximate surface area is 258 Å². The Morgan fingerprint density at radius 2 is 1.95 bits per heavy atom. The summed E-state index contributed by atoms with van der Waals surface area (Å²) in [7, 11) is 0. The topological polar surface area (TPSA) is 134 Å². The van der Waals surface area contributed by atoms with Gasteiger partial charge in [-0.15, -0.1) is 0 Å². The number of esters is 1. The van der Waals surface area contributed by atoms with Crippen molar-refractivity contribution in [1.82, 2.24) is 20.1 Å². The summed E-state index contributed by atoms with van der Waals surface area (Å²) in [6, 6.07) is -0.798. The molecule has 6 atom stereocenters. The second-order valence-electron chi connectivity index (χ2n) is 12.0. The number of cyclic esters (lactones) is 1. The molecule has 1 aromatic rings. The van der Waals surface area contributed by atoms with Gasteiger partial charge in [-0.3, -0.25) is 14.5 Å². The highest BCUT2D eigenvalue weighted by Crippen LogP contribution is 2.26. The first-order chi connectivity index (χ1) is 21.1. The van der Waals surface area contributed by atoms with Gasteiger partial charge in [0, 0.05) is 51.0 Å². The smallest absolute Gasteiger partial charge is 0.329 e. The zero-order valence-corrected chi connectivity index (χ0v) is 25.8. The number of carbonyl (C=O) groups is 3. The third-order valence-electron chi connectivity index (χ3n) is 8.21. The molecule has 2 amide bonds. The number of allylic oxidation sites excluding steroid dienone is 2. The first-order valence-corrected chi connectivity index (χ1v) is 15.5. The summed E-state index contributed by atoms with van der Waals surface area (Å²) in [5.74, 6) is -1.61. The molecule has 6 unspecified atom stereocenters. The number of nitrogens with zero attached hydrogens (tertiary/aromatic N) is 3. The van der Waals surface area contributed by atoms with E-state index < -0.39 is 36.3 Å². The number of rotatable bonds is 3. The summed E-state index contributed by atoms with van der Waals surface area (Å²) in [5, 5.41) is 13.1. The molecule has 44 heavy (non-hydrogen) atoms. The number of hydrogen-bond acceptors (Lipinski definition) is 9. The molecular weight excluding hydrogens is 571 g/mol. The van der Waals surface area contributed by atoms with E-state index in [9.17, 15) is 23.9 Å². The molecular formula is C32H45FN4O7. The molecule has 2 fully saturated rings. The third-order valence-corrected chi connectivity index (χ3v) is 8.21. The molecule has 11 nitrogen and oxygen atoms in total. The number of alkyl halides is 1. The van der Waals surface area contributed by atoms with Crippen LogP contribution in [0.25, 0.3) is 0 Å². The fourth-order valence-electron chi connectivity index (χ4n) is 5.93. The van der Waals surface area contributed by atoms with Crippen molar-refractivity contribution in [2.24, 2.45) is 11.8 Å². The van der Waals surface area contributed by atoms with E-state index in [-0.39, 0.29) is 48.7 Å². The van der Waals surface area contributed by atoms with E-state index in [0.717, 1.165) is 13.1 Å². The maximum absolute atomic E-state index is 14.7. The van der Waals surface area contributed by atoms with E-state index >= 15 is 0 Å². The molecule has 0 spiro atoms. The fraction of sp³-hybridized carbons (Fsp3) is 0.625. The lowest BCUT2D eigenvalue weighted by molar-refractivity contribution is -0.159. The second kappa shape index (κ2) is 16.1. The first kappa shape index (κ1) is 33.5. The van der Waals surface area contributed by atoms with Gasteiger partial charge >= 0.3 is 5.97 Å². The maximum Gasteiger partial charge on any atom is 0.329 e. The Bertz CT molecular complexity index is 1220. The highest BCUT2D eigenvalue weighted by molar-refractivity contribution is 5.95. The minimum absolute atomic E-state index is 0.00809. The van der Waals surface area contributed by atoms with Crippen LogP contribution in [0.2, 0.25) is 0 Å². The van der Waals surface area contributed by atoms with Crippen molar-refractivity contribution < 1.29 is 37.8 Å². The van der Waals surface area contributed by atoms with Crippen LogP contribution in [0, 0.1) is 11.8 Å². The number of aliphatic hydroxyl groups is 1. The molecule has 1 aromatic heterocycles. The SMILES string of the molecule is CC1=CC(O)CC(F)Cc2nc(co2)C(=O)N2CCCC2C(=O)OC(C(C)CN2CCOCC2)C(C)/C=C/C(=O)NCC=C1. The highest BCUT2D eigenvalue weighted by atomic mass is 19.1. The summed E-state index contributed by atoms with van der Waals surface area (Å²) >= 11 is 0. The molecule has 3 aliphatic heterocycles. The lowest BCUT2D eigenvalue weighted by atomic mass is 9.92. The Kier molecular flexibility index (Phi) is 12.3. The van der Waals surface area contributed by atoms with Gasteiger partial charge in [-0.05, 0) is 25.8 Å². The Morgan fingerprint density at radius 3 is 2.73 bits per heavy atom. The molecule has 0 radical (unpaired) electrons. The Hall–Kier alpha value is -3.35. The van der Waals surface area contributed by atoms with E-state index in [0.29, 0.717) is 44.7 Å². The highest BCUT2D eigenvalue weighted by Gasteiger charge is 2.39. The van der Waals surface area contributed by atoms with Crippen LogP contribution < -0.4 is 5.32 Å². The monoisotopic (exact) mass is 616 g/mol. The Morgan fingerprint density at radius 1 is 1.18 bits per heavy atom. The van der Waals surface area contributed by atoms with Gasteiger partial charge < -0.3 is 29.2 Å². The summed E-state index contributed by atoms with van der Waals surface area (Å²) in [6.07, 6.45) is 7.00. The Balaban J connectivity index is 1.57. The maximum atomic E-state index is 14.7. The lowest BCUT2D eigenvalue weighted by Gasteiger charge is -2.35. The molecule has 0 saturated carbocycles. The number of oxazole rings is 1. The minimum atomic E-state index is -1.46. The predicted octanol–water partition coefficient (Wildman–Crippen LogP) is 2.62.